The van der Waals surface area contributed by atoms with Gasteiger partial charge in [0.15, 0.2) is 12.1 Å². The summed E-state index contributed by atoms with van der Waals surface area (Å²) in [6.45, 7) is 4.88. The Hall–Kier alpha value is -2.59. The smallest absolute Gasteiger partial charge is 0.157 e. The molecule has 0 amide bonds. The molecule has 3 heterocycles. The maximum Gasteiger partial charge on any atom is 0.157 e. The van der Waals surface area contributed by atoms with Gasteiger partial charge in [-0.15, -0.1) is 0 Å². The van der Waals surface area contributed by atoms with Crippen molar-refractivity contribution in [2.24, 2.45) is 5.41 Å². The molecule has 0 radical (unpaired) electrons. The van der Waals surface area contributed by atoms with E-state index in [0.717, 1.165) is 11.3 Å². The van der Waals surface area contributed by atoms with Crippen molar-refractivity contribution in [3.8, 4) is 0 Å². The van der Waals surface area contributed by atoms with Crippen LogP contribution in [0.15, 0.2) is 36.4 Å². The van der Waals surface area contributed by atoms with Crippen LogP contribution in [-0.4, -0.2) is 49.2 Å². The van der Waals surface area contributed by atoms with Gasteiger partial charge in [0.25, 0.3) is 0 Å². The molecule has 1 saturated heterocycles. The molecule has 1 fully saturated rings. The number of rotatable bonds is 7. The van der Waals surface area contributed by atoms with Crippen LogP contribution in [0.25, 0.3) is 0 Å². The number of hydrogen-bond acceptors (Lipinski definition) is 6. The van der Waals surface area contributed by atoms with Gasteiger partial charge in [-0.1, -0.05) is 17.7 Å². The molecule has 0 aliphatic carbocycles. The number of aromatic amines is 1. The van der Waals surface area contributed by atoms with E-state index in [1.54, 1.807) is 12.1 Å². The molecular weight excluding hydrogens is 464 g/mol. The van der Waals surface area contributed by atoms with E-state index in [2.05, 4.69) is 25.4 Å². The summed E-state index contributed by atoms with van der Waals surface area (Å²) in [4.78, 5) is 6.54. The summed E-state index contributed by atoms with van der Waals surface area (Å²) in [6.07, 6.45) is -0.739. The number of anilines is 2. The Balaban J connectivity index is 1.49. The van der Waals surface area contributed by atoms with Crippen LogP contribution < -0.4 is 5.32 Å². The first kappa shape index (κ1) is 24.5. The lowest BCUT2D eigenvalue weighted by molar-refractivity contribution is -0.162. The Labute approximate surface area is 201 Å². The predicted molar refractivity (Wildman–Crippen MR) is 126 cm³/mol. The normalized spacial score (nSPS) is 21.2. The van der Waals surface area contributed by atoms with Crippen LogP contribution >= 0.6 is 11.6 Å². The van der Waals surface area contributed by atoms with Crippen LogP contribution in [0.1, 0.15) is 36.7 Å². The lowest BCUT2D eigenvalue weighted by Crippen LogP contribution is -2.51. The molecule has 182 valence electrons. The lowest BCUT2D eigenvalue weighted by Gasteiger charge is -2.46. The molecule has 10 heteroatoms. The van der Waals surface area contributed by atoms with Crippen LogP contribution in [-0.2, 0) is 13.0 Å². The SMILES string of the molecule is Cc1cc(Nc2ccc(F)c(C[C@@]3(C(O)O)CCN(Cc4ccc(Cl)c(F)c4)[C@H](C)C3)n2)n[nH]1. The third-order valence-electron chi connectivity index (χ3n) is 6.54. The van der Waals surface area contributed by atoms with Gasteiger partial charge in [-0.3, -0.25) is 10.00 Å². The standard InChI is InChI=1S/C24H28ClF2N5O2/c1-14-9-22(31-30-14)29-21-6-5-18(26)20(28-21)12-24(23(33)34)7-8-32(15(2)11-24)13-16-3-4-17(25)19(27)10-16/h3-6,9-10,15,23,33-34H,7-8,11-13H2,1-2H3,(H2,28,29,30,31)/t15-,24-/m1/s1. The number of pyridine rings is 1. The van der Waals surface area contributed by atoms with E-state index in [9.17, 15) is 19.0 Å². The van der Waals surface area contributed by atoms with Crippen molar-refractivity contribution < 1.29 is 19.0 Å². The highest BCUT2D eigenvalue weighted by Crippen LogP contribution is 2.41. The fraction of sp³-hybridized carbons (Fsp3) is 0.417. The van der Waals surface area contributed by atoms with Gasteiger partial charge in [-0.05, 0) is 63.1 Å². The number of piperidine rings is 1. The molecule has 4 rings (SSSR count). The first-order chi connectivity index (χ1) is 16.1. The van der Waals surface area contributed by atoms with Crippen molar-refractivity contribution >= 4 is 23.2 Å². The average molecular weight is 492 g/mol. The summed E-state index contributed by atoms with van der Waals surface area (Å²) in [5.74, 6) is 0.000243. The van der Waals surface area contributed by atoms with Gasteiger partial charge in [-0.25, -0.2) is 13.8 Å². The second kappa shape index (κ2) is 9.95. The minimum atomic E-state index is -1.64. The number of halogens is 3. The number of nitrogens with zero attached hydrogens (tertiary/aromatic N) is 3. The maximum absolute atomic E-state index is 14.7. The molecule has 0 spiro atoms. The van der Waals surface area contributed by atoms with Crippen LogP contribution in [0.2, 0.25) is 5.02 Å². The number of nitrogens with one attached hydrogen (secondary N) is 2. The largest absolute Gasteiger partial charge is 0.368 e. The third-order valence-corrected chi connectivity index (χ3v) is 6.85. The molecule has 1 aliphatic heterocycles. The van der Waals surface area contributed by atoms with Gasteiger partial charge in [0, 0.05) is 36.2 Å². The summed E-state index contributed by atoms with van der Waals surface area (Å²) >= 11 is 5.78. The summed E-state index contributed by atoms with van der Waals surface area (Å²) in [6, 6.07) is 9.30. The number of hydrogen-bond donors (Lipinski definition) is 4. The highest BCUT2D eigenvalue weighted by Gasteiger charge is 2.44. The minimum Gasteiger partial charge on any atom is -0.368 e. The predicted octanol–water partition coefficient (Wildman–Crippen LogP) is 4.31. The molecule has 2 aromatic heterocycles. The monoisotopic (exact) mass is 491 g/mol. The van der Waals surface area contributed by atoms with Gasteiger partial charge in [0.1, 0.15) is 17.5 Å². The Kier molecular flexibility index (Phi) is 7.18. The van der Waals surface area contributed by atoms with E-state index in [0.29, 0.717) is 37.6 Å². The molecule has 2 atom stereocenters. The van der Waals surface area contributed by atoms with Crippen molar-refractivity contribution in [1.29, 1.82) is 0 Å². The number of likely N-dealkylation sites (tertiary alicyclic amines) is 1. The van der Waals surface area contributed by atoms with Gasteiger partial charge in [0.05, 0.1) is 10.7 Å². The average Bonchev–Trinajstić information content (AvgIpc) is 3.19. The van der Waals surface area contributed by atoms with Gasteiger partial charge < -0.3 is 15.5 Å². The summed E-state index contributed by atoms with van der Waals surface area (Å²) in [5, 5.41) is 30.7. The molecule has 1 aromatic carbocycles. The molecule has 34 heavy (non-hydrogen) atoms. The fourth-order valence-electron chi connectivity index (χ4n) is 4.62. The van der Waals surface area contributed by atoms with E-state index < -0.39 is 23.3 Å². The number of benzene rings is 1. The number of aromatic nitrogens is 3. The molecule has 0 bridgehead atoms. The molecule has 3 aromatic rings. The van der Waals surface area contributed by atoms with Crippen LogP contribution in [0, 0.1) is 24.0 Å². The van der Waals surface area contributed by atoms with Crippen molar-refractivity contribution in [3.05, 3.63) is 70.0 Å². The molecular formula is C24H28ClF2N5O2. The van der Waals surface area contributed by atoms with E-state index in [1.165, 1.54) is 24.3 Å². The van der Waals surface area contributed by atoms with Gasteiger partial charge in [0.2, 0.25) is 0 Å². The Morgan fingerprint density at radius 2 is 2.00 bits per heavy atom. The topological polar surface area (TPSA) is 97.3 Å². The second-order valence-electron chi connectivity index (χ2n) is 9.12. The highest BCUT2D eigenvalue weighted by atomic mass is 35.5. The molecule has 1 aliphatic rings. The lowest BCUT2D eigenvalue weighted by atomic mass is 9.71. The molecule has 0 unspecified atom stereocenters. The van der Waals surface area contributed by atoms with E-state index >= 15 is 0 Å². The first-order valence-corrected chi connectivity index (χ1v) is 11.5. The summed E-state index contributed by atoms with van der Waals surface area (Å²) < 4.78 is 28.5. The quantitative estimate of drug-likeness (QED) is 0.368. The number of aryl methyl sites for hydroxylation is 1. The third kappa shape index (κ3) is 5.38. The van der Waals surface area contributed by atoms with Crippen molar-refractivity contribution in [1.82, 2.24) is 20.1 Å². The molecule has 0 saturated carbocycles. The van der Waals surface area contributed by atoms with Crippen LogP contribution in [0.5, 0.6) is 0 Å². The zero-order valence-electron chi connectivity index (χ0n) is 19.0. The van der Waals surface area contributed by atoms with E-state index in [4.69, 9.17) is 11.6 Å². The summed E-state index contributed by atoms with van der Waals surface area (Å²) in [7, 11) is 0. The maximum atomic E-state index is 14.7. The van der Waals surface area contributed by atoms with Crippen LogP contribution in [0.3, 0.4) is 0 Å². The van der Waals surface area contributed by atoms with Crippen molar-refractivity contribution in [2.75, 3.05) is 11.9 Å². The Morgan fingerprint density at radius 3 is 2.65 bits per heavy atom. The summed E-state index contributed by atoms with van der Waals surface area (Å²) in [5.41, 5.74) is 0.849. The van der Waals surface area contributed by atoms with E-state index in [1.807, 2.05) is 13.8 Å². The van der Waals surface area contributed by atoms with E-state index in [-0.39, 0.29) is 23.2 Å². The zero-order chi connectivity index (χ0) is 24.5. The first-order valence-electron chi connectivity index (χ1n) is 11.1. The second-order valence-corrected chi connectivity index (χ2v) is 9.53. The Morgan fingerprint density at radius 1 is 1.21 bits per heavy atom. The molecule has 4 N–H and O–H groups in total. The van der Waals surface area contributed by atoms with Crippen LogP contribution in [0.4, 0.5) is 20.4 Å². The van der Waals surface area contributed by atoms with Crippen molar-refractivity contribution in [2.45, 2.75) is 52.0 Å². The van der Waals surface area contributed by atoms with Gasteiger partial charge in [-0.2, -0.15) is 5.10 Å². The number of aliphatic hydroxyl groups excluding tert-OH is 1. The van der Waals surface area contributed by atoms with Crippen molar-refractivity contribution in [3.63, 3.8) is 0 Å². The highest BCUT2D eigenvalue weighted by molar-refractivity contribution is 6.30. The Bertz CT molecular complexity index is 1160. The minimum absolute atomic E-state index is 0.0503. The number of aliphatic hydroxyl groups is 2. The number of H-pyrrole nitrogens is 1. The zero-order valence-corrected chi connectivity index (χ0v) is 19.8. The molecule has 7 nitrogen and oxygen atoms in total. The van der Waals surface area contributed by atoms with Gasteiger partial charge >= 0.3 is 0 Å². The fourth-order valence-corrected chi connectivity index (χ4v) is 4.74.